The van der Waals surface area contributed by atoms with Crippen LogP contribution in [0, 0.1) is 6.92 Å². The lowest BCUT2D eigenvalue weighted by Crippen LogP contribution is -2.32. The number of halogens is 1. The minimum atomic E-state index is -0.273. The van der Waals surface area contributed by atoms with Crippen molar-refractivity contribution in [2.45, 2.75) is 33.6 Å². The molecule has 2 rings (SSSR count). The van der Waals surface area contributed by atoms with Crippen LogP contribution in [0.2, 0.25) is 5.02 Å². The number of ether oxygens (including phenoxy) is 1. The normalized spacial score (nSPS) is 10.4. The van der Waals surface area contributed by atoms with Gasteiger partial charge in [0, 0.05) is 29.4 Å². The van der Waals surface area contributed by atoms with Gasteiger partial charge in [-0.15, -0.1) is 0 Å². The molecular weight excluding hydrogens is 376 g/mol. The Morgan fingerprint density at radius 1 is 1.04 bits per heavy atom. The van der Waals surface area contributed by atoms with E-state index < -0.39 is 0 Å². The summed E-state index contributed by atoms with van der Waals surface area (Å²) in [7, 11) is 0. The number of rotatable bonds is 9. The van der Waals surface area contributed by atoms with Crippen LogP contribution in [0.25, 0.3) is 0 Å². The Morgan fingerprint density at radius 2 is 1.68 bits per heavy atom. The molecule has 0 atom stereocenters. The maximum Gasteiger partial charge on any atom is 0.262 e. The Morgan fingerprint density at radius 3 is 2.25 bits per heavy atom. The van der Waals surface area contributed by atoms with E-state index in [1.165, 1.54) is 0 Å². The Labute approximate surface area is 171 Å². The zero-order valence-corrected chi connectivity index (χ0v) is 17.4. The number of benzene rings is 2. The summed E-state index contributed by atoms with van der Waals surface area (Å²) >= 11 is 5.98. The molecule has 0 unspecified atom stereocenters. The SMILES string of the molecule is CCCN(CCC)C(=O)c1ccc(NC(=O)COc2ccc(Cl)c(C)c2)cc1. The fourth-order valence-electron chi connectivity index (χ4n) is 2.79. The van der Waals surface area contributed by atoms with E-state index in [2.05, 4.69) is 19.2 Å². The number of amides is 2. The number of hydrogen-bond donors (Lipinski definition) is 1. The van der Waals surface area contributed by atoms with E-state index in [1.807, 2.05) is 11.8 Å². The van der Waals surface area contributed by atoms with Gasteiger partial charge in [0.05, 0.1) is 0 Å². The van der Waals surface area contributed by atoms with Gasteiger partial charge in [0.2, 0.25) is 0 Å². The number of anilines is 1. The highest BCUT2D eigenvalue weighted by Crippen LogP contribution is 2.21. The molecule has 0 saturated carbocycles. The van der Waals surface area contributed by atoms with Crippen molar-refractivity contribution in [2.24, 2.45) is 0 Å². The van der Waals surface area contributed by atoms with Gasteiger partial charge >= 0.3 is 0 Å². The van der Waals surface area contributed by atoms with Crippen molar-refractivity contribution in [1.82, 2.24) is 4.90 Å². The standard InChI is InChI=1S/C22H27ClN2O3/c1-4-12-25(13-5-2)22(27)17-6-8-18(9-7-17)24-21(26)15-28-19-10-11-20(23)16(3)14-19/h6-11,14H,4-5,12-13,15H2,1-3H3,(H,24,26). The summed E-state index contributed by atoms with van der Waals surface area (Å²) in [6.07, 6.45) is 1.85. The van der Waals surface area contributed by atoms with Crippen LogP contribution in [0.3, 0.4) is 0 Å². The molecule has 28 heavy (non-hydrogen) atoms. The average Bonchev–Trinajstić information content (AvgIpc) is 2.69. The third-order valence-corrected chi connectivity index (χ3v) is 4.61. The van der Waals surface area contributed by atoms with Crippen molar-refractivity contribution in [2.75, 3.05) is 25.0 Å². The fourth-order valence-corrected chi connectivity index (χ4v) is 2.90. The van der Waals surface area contributed by atoms with Crippen LogP contribution in [0.5, 0.6) is 5.75 Å². The lowest BCUT2D eigenvalue weighted by Gasteiger charge is -2.21. The second-order valence-electron chi connectivity index (χ2n) is 6.62. The van der Waals surface area contributed by atoms with Crippen molar-refractivity contribution < 1.29 is 14.3 Å². The summed E-state index contributed by atoms with van der Waals surface area (Å²) < 4.78 is 5.49. The number of carbonyl (C=O) groups excluding carboxylic acids is 2. The molecule has 2 amide bonds. The highest BCUT2D eigenvalue weighted by molar-refractivity contribution is 6.31. The first-order valence-corrected chi connectivity index (χ1v) is 9.90. The van der Waals surface area contributed by atoms with Crippen LogP contribution in [0.15, 0.2) is 42.5 Å². The summed E-state index contributed by atoms with van der Waals surface area (Å²) in [4.78, 5) is 26.5. The number of nitrogens with zero attached hydrogens (tertiary/aromatic N) is 1. The highest BCUT2D eigenvalue weighted by atomic mass is 35.5. The molecule has 0 aromatic heterocycles. The second-order valence-corrected chi connectivity index (χ2v) is 7.02. The monoisotopic (exact) mass is 402 g/mol. The molecule has 0 radical (unpaired) electrons. The zero-order chi connectivity index (χ0) is 20.5. The highest BCUT2D eigenvalue weighted by Gasteiger charge is 2.14. The summed E-state index contributed by atoms with van der Waals surface area (Å²) in [6, 6.07) is 12.2. The summed E-state index contributed by atoms with van der Waals surface area (Å²) in [5, 5.41) is 3.42. The number of aryl methyl sites for hydroxylation is 1. The average molecular weight is 403 g/mol. The quantitative estimate of drug-likeness (QED) is 0.647. The Balaban J connectivity index is 1.91. The molecule has 0 bridgehead atoms. The van der Waals surface area contributed by atoms with Gasteiger partial charge in [0.25, 0.3) is 11.8 Å². The van der Waals surface area contributed by atoms with Crippen LogP contribution in [-0.4, -0.2) is 36.4 Å². The van der Waals surface area contributed by atoms with E-state index in [-0.39, 0.29) is 18.4 Å². The molecular formula is C22H27ClN2O3. The van der Waals surface area contributed by atoms with Crippen LogP contribution < -0.4 is 10.1 Å². The van der Waals surface area contributed by atoms with Gasteiger partial charge in [-0.3, -0.25) is 9.59 Å². The van der Waals surface area contributed by atoms with E-state index in [0.29, 0.717) is 22.0 Å². The summed E-state index contributed by atoms with van der Waals surface area (Å²) in [5.74, 6) is 0.332. The lowest BCUT2D eigenvalue weighted by atomic mass is 10.1. The van der Waals surface area contributed by atoms with Crippen molar-refractivity contribution in [3.05, 3.63) is 58.6 Å². The molecule has 0 fully saturated rings. The maximum absolute atomic E-state index is 12.6. The van der Waals surface area contributed by atoms with Gasteiger partial charge in [-0.25, -0.2) is 0 Å². The van der Waals surface area contributed by atoms with E-state index >= 15 is 0 Å². The fraction of sp³-hybridized carbons (Fsp3) is 0.364. The first kappa shape index (κ1) is 21.8. The molecule has 1 N–H and O–H groups in total. The van der Waals surface area contributed by atoms with E-state index in [9.17, 15) is 9.59 Å². The molecule has 2 aromatic carbocycles. The van der Waals surface area contributed by atoms with E-state index in [4.69, 9.17) is 16.3 Å². The minimum Gasteiger partial charge on any atom is -0.484 e. The van der Waals surface area contributed by atoms with Crippen molar-refractivity contribution in [3.8, 4) is 5.75 Å². The second kappa shape index (κ2) is 10.7. The molecule has 0 aliphatic carbocycles. The predicted octanol–water partition coefficient (Wildman–Crippen LogP) is 4.93. The van der Waals surface area contributed by atoms with Crippen molar-refractivity contribution in [3.63, 3.8) is 0 Å². The molecule has 5 nitrogen and oxygen atoms in total. The Hall–Kier alpha value is -2.53. The van der Waals surface area contributed by atoms with Gasteiger partial charge in [0.1, 0.15) is 5.75 Å². The first-order chi connectivity index (χ1) is 13.4. The zero-order valence-electron chi connectivity index (χ0n) is 16.6. The summed E-state index contributed by atoms with van der Waals surface area (Å²) in [6.45, 7) is 7.37. The van der Waals surface area contributed by atoms with Gasteiger partial charge in [0.15, 0.2) is 6.61 Å². The van der Waals surface area contributed by atoms with Gasteiger partial charge in [-0.1, -0.05) is 25.4 Å². The molecule has 150 valence electrons. The molecule has 0 spiro atoms. The van der Waals surface area contributed by atoms with Crippen LogP contribution >= 0.6 is 11.6 Å². The predicted molar refractivity (Wildman–Crippen MR) is 113 cm³/mol. The largest absolute Gasteiger partial charge is 0.484 e. The smallest absolute Gasteiger partial charge is 0.262 e. The van der Waals surface area contributed by atoms with Crippen LogP contribution in [0.1, 0.15) is 42.6 Å². The first-order valence-electron chi connectivity index (χ1n) is 9.52. The molecule has 0 aliphatic rings. The molecule has 6 heteroatoms. The lowest BCUT2D eigenvalue weighted by molar-refractivity contribution is -0.118. The van der Waals surface area contributed by atoms with Gasteiger partial charge in [-0.05, 0) is 67.8 Å². The van der Waals surface area contributed by atoms with Crippen LogP contribution in [0.4, 0.5) is 5.69 Å². The maximum atomic E-state index is 12.6. The van der Waals surface area contributed by atoms with Crippen LogP contribution in [-0.2, 0) is 4.79 Å². The number of carbonyl (C=O) groups is 2. The summed E-state index contributed by atoms with van der Waals surface area (Å²) in [5.41, 5.74) is 2.13. The van der Waals surface area contributed by atoms with Gasteiger partial charge in [-0.2, -0.15) is 0 Å². The Bertz CT molecular complexity index is 800. The minimum absolute atomic E-state index is 0.0167. The molecule has 0 heterocycles. The van der Waals surface area contributed by atoms with E-state index in [0.717, 1.165) is 31.5 Å². The van der Waals surface area contributed by atoms with Crippen molar-refractivity contribution >= 4 is 29.1 Å². The van der Waals surface area contributed by atoms with E-state index in [1.54, 1.807) is 42.5 Å². The molecule has 0 aliphatic heterocycles. The van der Waals surface area contributed by atoms with Crippen molar-refractivity contribution in [1.29, 1.82) is 0 Å². The third-order valence-electron chi connectivity index (χ3n) is 4.19. The number of hydrogen-bond acceptors (Lipinski definition) is 3. The third kappa shape index (κ3) is 6.27. The van der Waals surface area contributed by atoms with Gasteiger partial charge < -0.3 is 15.0 Å². The topological polar surface area (TPSA) is 58.6 Å². The number of nitrogens with one attached hydrogen (secondary N) is 1. The Kier molecular flexibility index (Phi) is 8.33. The molecule has 0 saturated heterocycles. The molecule has 2 aromatic rings.